The normalized spacial score (nSPS) is 15.9. The van der Waals surface area contributed by atoms with Gasteiger partial charge in [0.25, 0.3) is 18.2 Å². The van der Waals surface area contributed by atoms with Crippen molar-refractivity contribution in [2.45, 2.75) is 43.9 Å². The molecule has 0 aliphatic heterocycles. The van der Waals surface area contributed by atoms with Crippen LogP contribution in [-0.4, -0.2) is 40.0 Å². The van der Waals surface area contributed by atoms with Crippen LogP contribution in [0.3, 0.4) is 0 Å². The molecule has 2 heterocycles. The first-order chi connectivity index (χ1) is 16.6. The number of hydrogen-bond donors (Lipinski definition) is 1. The molecule has 35 heavy (non-hydrogen) atoms. The largest absolute Gasteiger partial charge is 0.469 e. The van der Waals surface area contributed by atoms with E-state index < -0.39 is 61.0 Å². The molecule has 1 aliphatic carbocycles. The summed E-state index contributed by atoms with van der Waals surface area (Å²) in [6, 6.07) is 3.61. The molecule has 13 heteroatoms. The van der Waals surface area contributed by atoms with Gasteiger partial charge in [-0.25, -0.2) is 36.3 Å². The predicted octanol–water partition coefficient (Wildman–Crippen LogP) is 5.60. The third kappa shape index (κ3) is 5.72. The van der Waals surface area contributed by atoms with Gasteiger partial charge in [0.15, 0.2) is 6.61 Å². The number of benzene rings is 1. The molecule has 1 aromatic carbocycles. The lowest BCUT2D eigenvalue weighted by Crippen LogP contribution is -2.25. The molecule has 1 aliphatic rings. The molecule has 2 aromatic heterocycles. The van der Waals surface area contributed by atoms with Crippen LogP contribution in [0.25, 0.3) is 11.3 Å². The Morgan fingerprint density at radius 1 is 1.17 bits per heavy atom. The zero-order valence-corrected chi connectivity index (χ0v) is 17.9. The highest BCUT2D eigenvalue weighted by Crippen LogP contribution is 2.44. The van der Waals surface area contributed by atoms with E-state index in [1.54, 1.807) is 0 Å². The maximum absolute atomic E-state index is 14.6. The van der Waals surface area contributed by atoms with Gasteiger partial charge in [-0.15, -0.1) is 0 Å². The Morgan fingerprint density at radius 3 is 2.63 bits per heavy atom. The number of halogens is 6. The van der Waals surface area contributed by atoms with E-state index in [9.17, 15) is 31.1 Å². The average Bonchev–Trinajstić information content (AvgIpc) is 3.29. The second-order valence-electron chi connectivity index (χ2n) is 7.92. The lowest BCUT2D eigenvalue weighted by molar-refractivity contribution is -0.0384. The van der Waals surface area contributed by atoms with E-state index in [-0.39, 0.29) is 41.4 Å². The SMILES string of the molecule is O=C(Nc1c(-c2cc(F)ccc2F)ncnc1C1CCC(F)(F)CC1)c1cc(OCC(F)F)no1. The Kier molecular flexibility index (Phi) is 6.94. The highest BCUT2D eigenvalue weighted by molar-refractivity contribution is 6.04. The van der Waals surface area contributed by atoms with Crippen molar-refractivity contribution in [3.63, 3.8) is 0 Å². The van der Waals surface area contributed by atoms with Gasteiger partial charge in [0, 0.05) is 24.3 Å². The van der Waals surface area contributed by atoms with Crippen LogP contribution in [0.1, 0.15) is 47.8 Å². The number of alkyl halides is 4. The van der Waals surface area contributed by atoms with Gasteiger partial charge in [-0.05, 0) is 36.2 Å². The number of carbonyl (C=O) groups excluding carboxylic acids is 1. The molecule has 1 fully saturated rings. The van der Waals surface area contributed by atoms with Crippen molar-refractivity contribution in [1.82, 2.24) is 15.1 Å². The third-order valence-electron chi connectivity index (χ3n) is 5.47. The quantitative estimate of drug-likeness (QED) is 0.425. The van der Waals surface area contributed by atoms with Gasteiger partial charge in [0.1, 0.15) is 23.7 Å². The molecule has 4 rings (SSSR count). The number of nitrogens with one attached hydrogen (secondary N) is 1. The molecule has 0 atom stereocenters. The number of rotatable bonds is 7. The molecule has 0 unspecified atom stereocenters. The van der Waals surface area contributed by atoms with Crippen LogP contribution in [0.2, 0.25) is 0 Å². The number of nitrogens with zero attached hydrogens (tertiary/aromatic N) is 3. The standard InChI is InChI=1S/C22H18F6N4O3/c23-12-1-2-14(24)13(7-12)19-20(18(29-10-30-19)11-3-5-22(27,28)6-4-11)31-21(33)15-8-17(32-35-15)34-9-16(25)26/h1-2,7-8,10-11,16H,3-6,9H2,(H,31,33). The van der Waals surface area contributed by atoms with E-state index in [2.05, 4.69) is 25.2 Å². The van der Waals surface area contributed by atoms with Gasteiger partial charge >= 0.3 is 0 Å². The summed E-state index contributed by atoms with van der Waals surface area (Å²) in [5.41, 5.74) is -0.421. The third-order valence-corrected chi connectivity index (χ3v) is 5.47. The zero-order chi connectivity index (χ0) is 25.2. The number of amides is 1. The van der Waals surface area contributed by atoms with Crippen LogP contribution in [0.15, 0.2) is 35.1 Å². The highest BCUT2D eigenvalue weighted by atomic mass is 19.3. The topological polar surface area (TPSA) is 90.1 Å². The molecule has 0 radical (unpaired) electrons. The number of carbonyl (C=O) groups is 1. The van der Waals surface area contributed by atoms with Crippen LogP contribution in [-0.2, 0) is 0 Å². The Bertz CT molecular complexity index is 1210. The molecule has 1 amide bonds. The fraction of sp³-hybridized carbons (Fsp3) is 0.364. The van der Waals surface area contributed by atoms with Crippen LogP contribution < -0.4 is 10.1 Å². The smallest absolute Gasteiger partial charge is 0.294 e. The van der Waals surface area contributed by atoms with Crippen LogP contribution >= 0.6 is 0 Å². The zero-order valence-electron chi connectivity index (χ0n) is 17.9. The van der Waals surface area contributed by atoms with Crippen LogP contribution in [0.5, 0.6) is 5.88 Å². The van der Waals surface area contributed by atoms with Crippen molar-refractivity contribution in [1.29, 1.82) is 0 Å². The minimum Gasteiger partial charge on any atom is -0.469 e. The van der Waals surface area contributed by atoms with E-state index in [0.717, 1.165) is 30.6 Å². The van der Waals surface area contributed by atoms with Gasteiger partial charge in [-0.1, -0.05) is 0 Å². The molecular formula is C22H18F6N4O3. The van der Waals surface area contributed by atoms with E-state index in [4.69, 9.17) is 4.52 Å². The molecular weight excluding hydrogens is 482 g/mol. The van der Waals surface area contributed by atoms with E-state index in [0.29, 0.717) is 0 Å². The molecule has 0 bridgehead atoms. The van der Waals surface area contributed by atoms with E-state index in [1.807, 2.05) is 0 Å². The van der Waals surface area contributed by atoms with E-state index >= 15 is 0 Å². The summed E-state index contributed by atoms with van der Waals surface area (Å²) in [7, 11) is 0. The first-order valence-electron chi connectivity index (χ1n) is 10.5. The summed E-state index contributed by atoms with van der Waals surface area (Å²) in [6.45, 7) is -0.973. The number of hydrogen-bond acceptors (Lipinski definition) is 6. The average molecular weight is 500 g/mol. The molecule has 3 aromatic rings. The van der Waals surface area contributed by atoms with E-state index in [1.165, 1.54) is 0 Å². The summed E-state index contributed by atoms with van der Waals surface area (Å²) in [5, 5.41) is 5.83. The number of anilines is 1. The lowest BCUT2D eigenvalue weighted by Gasteiger charge is -2.29. The number of aromatic nitrogens is 3. The Morgan fingerprint density at radius 2 is 1.91 bits per heavy atom. The molecule has 1 N–H and O–H groups in total. The summed E-state index contributed by atoms with van der Waals surface area (Å²) in [5.74, 6) is -6.73. The fourth-order valence-corrected chi connectivity index (χ4v) is 3.79. The maximum atomic E-state index is 14.6. The molecule has 0 spiro atoms. The van der Waals surface area contributed by atoms with Gasteiger partial charge in [0.2, 0.25) is 11.7 Å². The van der Waals surface area contributed by atoms with Crippen molar-refractivity contribution < 1.29 is 40.4 Å². The first-order valence-corrected chi connectivity index (χ1v) is 10.5. The van der Waals surface area contributed by atoms with Crippen LogP contribution in [0.4, 0.5) is 32.0 Å². The second kappa shape index (κ2) is 9.92. The Labute approximate surface area is 194 Å². The Hall–Kier alpha value is -3.64. The molecule has 0 saturated heterocycles. The predicted molar refractivity (Wildman–Crippen MR) is 109 cm³/mol. The minimum absolute atomic E-state index is 0.0336. The summed E-state index contributed by atoms with van der Waals surface area (Å²) >= 11 is 0. The van der Waals surface area contributed by atoms with Crippen molar-refractivity contribution in [3.8, 4) is 17.1 Å². The van der Waals surface area contributed by atoms with Crippen molar-refractivity contribution in [3.05, 3.63) is 53.7 Å². The Balaban J connectivity index is 1.70. The second-order valence-corrected chi connectivity index (χ2v) is 7.92. The molecule has 7 nitrogen and oxygen atoms in total. The summed E-state index contributed by atoms with van der Waals surface area (Å²) in [6.07, 6.45) is -2.46. The molecule has 186 valence electrons. The highest BCUT2D eigenvalue weighted by Gasteiger charge is 2.37. The monoisotopic (exact) mass is 500 g/mol. The van der Waals surface area contributed by atoms with Crippen molar-refractivity contribution >= 4 is 11.6 Å². The molecule has 1 saturated carbocycles. The van der Waals surface area contributed by atoms with Gasteiger partial charge in [0.05, 0.1) is 17.4 Å². The van der Waals surface area contributed by atoms with Gasteiger partial charge in [-0.3, -0.25) is 4.79 Å². The van der Waals surface area contributed by atoms with Gasteiger partial charge in [-0.2, -0.15) is 0 Å². The first kappa shape index (κ1) is 24.5. The summed E-state index contributed by atoms with van der Waals surface area (Å²) < 4.78 is 90.1. The van der Waals surface area contributed by atoms with Crippen molar-refractivity contribution in [2.75, 3.05) is 11.9 Å². The number of ether oxygens (including phenoxy) is 1. The van der Waals surface area contributed by atoms with Crippen molar-refractivity contribution in [2.24, 2.45) is 0 Å². The maximum Gasteiger partial charge on any atom is 0.294 e. The fourth-order valence-electron chi connectivity index (χ4n) is 3.79. The lowest BCUT2D eigenvalue weighted by atomic mass is 9.83. The minimum atomic E-state index is -2.83. The van der Waals surface area contributed by atoms with Gasteiger partial charge < -0.3 is 14.6 Å². The van der Waals surface area contributed by atoms with Crippen LogP contribution in [0, 0.1) is 11.6 Å². The summed E-state index contributed by atoms with van der Waals surface area (Å²) in [4.78, 5) is 21.0.